The summed E-state index contributed by atoms with van der Waals surface area (Å²) >= 11 is 0. The number of carboxylic acid groups (broad SMARTS) is 2. The Morgan fingerprint density at radius 1 is 0.667 bits per heavy atom. The molecule has 2 amide bonds. The number of carboxylic acids is 2. The number of anilines is 2. The Morgan fingerprint density at radius 3 is 1.27 bits per heavy atom. The van der Waals surface area contributed by atoms with Crippen LogP contribution in [-0.2, 0) is 10.8 Å². The summed E-state index contributed by atoms with van der Waals surface area (Å²) in [5.41, 5.74) is 0.730. The monoisotopic (exact) mass is 412 g/mol. The van der Waals surface area contributed by atoms with Crippen molar-refractivity contribution in [3.05, 3.63) is 58.7 Å². The molecule has 2 rings (SSSR count). The van der Waals surface area contributed by atoms with Crippen molar-refractivity contribution < 1.29 is 24.6 Å². The van der Waals surface area contributed by atoms with Gasteiger partial charge in [0.2, 0.25) is 0 Å². The van der Waals surface area contributed by atoms with Crippen LogP contribution in [0, 0.1) is 0 Å². The first-order valence-corrected chi connectivity index (χ1v) is 9.55. The maximum atomic E-state index is 12.9. The van der Waals surface area contributed by atoms with Crippen molar-refractivity contribution in [2.45, 2.75) is 52.4 Å². The SMILES string of the molecule is CC(C)(C)c1cccc(C(=O)O)c1NC(=O)Nc1c(C(=O)O)cccc1C(C)(C)C. The maximum Gasteiger partial charge on any atom is 0.337 e. The van der Waals surface area contributed by atoms with E-state index in [4.69, 9.17) is 0 Å². The Balaban J connectivity index is 2.52. The fraction of sp³-hybridized carbons (Fsp3) is 0.348. The van der Waals surface area contributed by atoms with E-state index in [0.29, 0.717) is 11.1 Å². The van der Waals surface area contributed by atoms with Crippen molar-refractivity contribution in [3.8, 4) is 0 Å². The highest BCUT2D eigenvalue weighted by atomic mass is 16.4. The Bertz CT molecular complexity index is 918. The summed E-state index contributed by atoms with van der Waals surface area (Å²) in [6.45, 7) is 11.5. The van der Waals surface area contributed by atoms with Gasteiger partial charge in [-0.25, -0.2) is 14.4 Å². The number of amides is 2. The van der Waals surface area contributed by atoms with Crippen molar-refractivity contribution in [1.82, 2.24) is 0 Å². The minimum absolute atomic E-state index is 0.0415. The molecule has 0 aliphatic carbocycles. The number of benzene rings is 2. The van der Waals surface area contributed by atoms with E-state index in [0.717, 1.165) is 0 Å². The molecule has 0 aromatic heterocycles. The summed E-state index contributed by atoms with van der Waals surface area (Å²) in [4.78, 5) is 36.3. The molecule has 0 aliphatic rings. The molecule has 0 saturated heterocycles. The minimum atomic E-state index is -1.17. The average molecular weight is 412 g/mol. The van der Waals surface area contributed by atoms with Crippen LogP contribution in [0.25, 0.3) is 0 Å². The van der Waals surface area contributed by atoms with Crippen molar-refractivity contribution in [3.63, 3.8) is 0 Å². The highest BCUT2D eigenvalue weighted by molar-refractivity contribution is 6.08. The van der Waals surface area contributed by atoms with Gasteiger partial charge >= 0.3 is 18.0 Å². The number of hydrogen-bond donors (Lipinski definition) is 4. The van der Waals surface area contributed by atoms with Gasteiger partial charge in [0.1, 0.15) is 0 Å². The zero-order valence-corrected chi connectivity index (χ0v) is 18.1. The molecule has 2 aromatic carbocycles. The van der Waals surface area contributed by atoms with Gasteiger partial charge in [-0.2, -0.15) is 0 Å². The highest BCUT2D eigenvalue weighted by Crippen LogP contribution is 2.34. The summed E-state index contributed by atoms with van der Waals surface area (Å²) < 4.78 is 0. The fourth-order valence-corrected chi connectivity index (χ4v) is 3.24. The van der Waals surface area contributed by atoms with E-state index in [9.17, 15) is 24.6 Å². The molecule has 0 bridgehead atoms. The van der Waals surface area contributed by atoms with Crippen LogP contribution in [0.15, 0.2) is 36.4 Å². The number of aromatic carboxylic acids is 2. The molecule has 0 unspecified atom stereocenters. The molecular formula is C23H28N2O5. The molecule has 30 heavy (non-hydrogen) atoms. The molecular weight excluding hydrogens is 384 g/mol. The molecule has 0 spiro atoms. The van der Waals surface area contributed by atoms with Gasteiger partial charge in [0.05, 0.1) is 22.5 Å². The molecule has 0 saturated carbocycles. The van der Waals surface area contributed by atoms with Crippen molar-refractivity contribution in [2.24, 2.45) is 0 Å². The lowest BCUT2D eigenvalue weighted by Gasteiger charge is -2.26. The molecule has 0 atom stereocenters. The third-order valence-corrected chi connectivity index (χ3v) is 4.68. The van der Waals surface area contributed by atoms with E-state index in [-0.39, 0.29) is 22.5 Å². The van der Waals surface area contributed by atoms with Crippen molar-refractivity contribution in [2.75, 3.05) is 10.6 Å². The Morgan fingerprint density at radius 2 is 1.00 bits per heavy atom. The molecule has 0 fully saturated rings. The molecule has 4 N–H and O–H groups in total. The Labute approximate surface area is 176 Å². The number of carbonyl (C=O) groups is 3. The van der Waals surface area contributed by atoms with E-state index in [1.54, 1.807) is 24.3 Å². The third-order valence-electron chi connectivity index (χ3n) is 4.68. The van der Waals surface area contributed by atoms with Crippen LogP contribution in [0.5, 0.6) is 0 Å². The zero-order valence-electron chi connectivity index (χ0n) is 18.1. The smallest absolute Gasteiger partial charge is 0.337 e. The van der Waals surface area contributed by atoms with E-state index in [1.807, 2.05) is 41.5 Å². The summed E-state index contributed by atoms with van der Waals surface area (Å²) in [7, 11) is 0. The van der Waals surface area contributed by atoms with Gasteiger partial charge in [0.25, 0.3) is 0 Å². The third kappa shape index (κ3) is 4.97. The lowest BCUT2D eigenvalue weighted by molar-refractivity contribution is 0.0687. The van der Waals surface area contributed by atoms with Gasteiger partial charge in [0.15, 0.2) is 0 Å². The fourth-order valence-electron chi connectivity index (χ4n) is 3.24. The van der Waals surface area contributed by atoms with Gasteiger partial charge in [0, 0.05) is 0 Å². The first kappa shape index (κ1) is 22.9. The van der Waals surface area contributed by atoms with Crippen LogP contribution in [-0.4, -0.2) is 28.2 Å². The second-order valence-corrected chi connectivity index (χ2v) is 9.15. The predicted octanol–water partition coefficient (Wildman–Crippen LogP) is 5.32. The van der Waals surface area contributed by atoms with E-state index in [1.165, 1.54) is 12.1 Å². The summed E-state index contributed by atoms with van der Waals surface area (Å²) in [6, 6.07) is 8.89. The normalized spacial score (nSPS) is 11.7. The number of carbonyl (C=O) groups excluding carboxylic acids is 1. The summed E-state index contributed by atoms with van der Waals surface area (Å²) in [6.07, 6.45) is 0. The number of para-hydroxylation sites is 2. The van der Waals surface area contributed by atoms with E-state index < -0.39 is 28.8 Å². The van der Waals surface area contributed by atoms with Crippen molar-refractivity contribution in [1.29, 1.82) is 0 Å². The topological polar surface area (TPSA) is 116 Å². The quantitative estimate of drug-likeness (QED) is 0.542. The van der Waals surface area contributed by atoms with Crippen LogP contribution < -0.4 is 10.6 Å². The Hall–Kier alpha value is -3.35. The molecule has 2 aromatic rings. The highest BCUT2D eigenvalue weighted by Gasteiger charge is 2.26. The van der Waals surface area contributed by atoms with Gasteiger partial charge in [-0.05, 0) is 34.1 Å². The molecule has 0 heterocycles. The minimum Gasteiger partial charge on any atom is -0.478 e. The lowest BCUT2D eigenvalue weighted by Crippen LogP contribution is -2.27. The lowest BCUT2D eigenvalue weighted by atomic mass is 9.84. The second kappa shape index (κ2) is 8.18. The van der Waals surface area contributed by atoms with Crippen LogP contribution >= 0.6 is 0 Å². The second-order valence-electron chi connectivity index (χ2n) is 9.15. The maximum absolute atomic E-state index is 12.9. The number of rotatable bonds is 4. The van der Waals surface area contributed by atoms with Gasteiger partial charge in [-0.1, -0.05) is 65.8 Å². The van der Waals surface area contributed by atoms with Gasteiger partial charge in [-0.15, -0.1) is 0 Å². The summed E-state index contributed by atoms with van der Waals surface area (Å²) in [5, 5.41) is 24.4. The molecule has 7 heteroatoms. The largest absolute Gasteiger partial charge is 0.478 e. The zero-order chi connectivity index (χ0) is 22.9. The molecule has 160 valence electrons. The van der Waals surface area contributed by atoms with E-state index in [2.05, 4.69) is 10.6 Å². The van der Waals surface area contributed by atoms with Gasteiger partial charge in [-0.3, -0.25) is 0 Å². The number of urea groups is 1. The van der Waals surface area contributed by atoms with Crippen LogP contribution in [0.2, 0.25) is 0 Å². The molecule has 7 nitrogen and oxygen atoms in total. The molecule has 0 radical (unpaired) electrons. The first-order valence-electron chi connectivity index (χ1n) is 9.55. The average Bonchev–Trinajstić information content (AvgIpc) is 2.59. The van der Waals surface area contributed by atoms with Crippen LogP contribution in [0.3, 0.4) is 0 Å². The van der Waals surface area contributed by atoms with Gasteiger partial charge < -0.3 is 20.8 Å². The predicted molar refractivity (Wildman–Crippen MR) is 117 cm³/mol. The molecule has 0 aliphatic heterocycles. The first-order chi connectivity index (χ1) is 13.7. The standard InChI is InChI=1S/C23H28N2O5/c1-22(2,3)15-11-7-9-13(19(26)27)17(15)24-21(30)25-18-14(20(28)29)10-8-12-16(18)23(4,5)6/h7-12H,1-6H3,(H,26,27)(H,28,29)(H2,24,25,30). The number of hydrogen-bond acceptors (Lipinski definition) is 3. The van der Waals surface area contributed by atoms with Crippen LogP contribution in [0.4, 0.5) is 16.2 Å². The van der Waals surface area contributed by atoms with Crippen LogP contribution in [0.1, 0.15) is 73.4 Å². The Kier molecular flexibility index (Phi) is 6.25. The van der Waals surface area contributed by atoms with Crippen molar-refractivity contribution >= 4 is 29.3 Å². The number of nitrogens with one attached hydrogen (secondary N) is 2. The van der Waals surface area contributed by atoms with E-state index >= 15 is 0 Å². The summed E-state index contributed by atoms with van der Waals surface area (Å²) in [5.74, 6) is -2.34.